The Labute approximate surface area is 131 Å². The molecule has 3 rings (SSSR count). The lowest BCUT2D eigenvalue weighted by Gasteiger charge is -2.12. The SMILES string of the molecule is O=C(NC1COc2cc(Br)ccc21)OCc1ccccc1. The molecule has 4 nitrogen and oxygen atoms in total. The van der Waals surface area contributed by atoms with Crippen LogP contribution in [0.3, 0.4) is 0 Å². The lowest BCUT2D eigenvalue weighted by Crippen LogP contribution is -2.29. The van der Waals surface area contributed by atoms with Crippen molar-refractivity contribution < 1.29 is 14.3 Å². The maximum Gasteiger partial charge on any atom is 0.408 e. The molecule has 0 fully saturated rings. The highest BCUT2D eigenvalue weighted by Gasteiger charge is 2.26. The van der Waals surface area contributed by atoms with Crippen LogP contribution in [0.25, 0.3) is 0 Å². The largest absolute Gasteiger partial charge is 0.491 e. The molecule has 0 bridgehead atoms. The molecule has 2 aromatic rings. The second-order valence-corrected chi connectivity index (χ2v) is 5.67. The van der Waals surface area contributed by atoms with E-state index in [4.69, 9.17) is 9.47 Å². The zero-order valence-corrected chi connectivity index (χ0v) is 12.8. The van der Waals surface area contributed by atoms with Gasteiger partial charge in [-0.1, -0.05) is 52.3 Å². The predicted molar refractivity (Wildman–Crippen MR) is 82.1 cm³/mol. The molecule has 1 aliphatic rings. The molecule has 0 aromatic heterocycles. The van der Waals surface area contributed by atoms with E-state index >= 15 is 0 Å². The molecule has 1 atom stereocenters. The van der Waals surface area contributed by atoms with Crippen molar-refractivity contribution in [3.8, 4) is 5.75 Å². The Balaban J connectivity index is 1.57. The molecule has 1 N–H and O–H groups in total. The molecule has 0 aliphatic carbocycles. The number of benzene rings is 2. The van der Waals surface area contributed by atoms with Crippen LogP contribution in [0, 0.1) is 0 Å². The average molecular weight is 348 g/mol. The average Bonchev–Trinajstić information content (AvgIpc) is 2.88. The smallest absolute Gasteiger partial charge is 0.408 e. The molecule has 1 heterocycles. The Bertz CT molecular complexity index is 645. The fraction of sp³-hybridized carbons (Fsp3) is 0.188. The lowest BCUT2D eigenvalue weighted by atomic mass is 10.1. The quantitative estimate of drug-likeness (QED) is 0.918. The standard InChI is InChI=1S/C16H14BrNO3/c17-12-6-7-13-14(10-20-15(13)8-12)18-16(19)21-9-11-4-2-1-3-5-11/h1-8,14H,9-10H2,(H,18,19). The van der Waals surface area contributed by atoms with Crippen LogP contribution in [0.15, 0.2) is 53.0 Å². The van der Waals surface area contributed by atoms with Gasteiger partial charge in [0.15, 0.2) is 0 Å². The number of hydrogen-bond donors (Lipinski definition) is 1. The van der Waals surface area contributed by atoms with Crippen molar-refractivity contribution in [1.82, 2.24) is 5.32 Å². The lowest BCUT2D eigenvalue weighted by molar-refractivity contribution is 0.133. The molecule has 1 aliphatic heterocycles. The van der Waals surface area contributed by atoms with Gasteiger partial charge in [0.25, 0.3) is 0 Å². The number of carbonyl (C=O) groups excluding carboxylic acids is 1. The van der Waals surface area contributed by atoms with Gasteiger partial charge in [-0.15, -0.1) is 0 Å². The summed E-state index contributed by atoms with van der Waals surface area (Å²) in [4.78, 5) is 11.9. The molecule has 1 amide bonds. The van der Waals surface area contributed by atoms with E-state index in [2.05, 4.69) is 21.2 Å². The van der Waals surface area contributed by atoms with Gasteiger partial charge in [-0.05, 0) is 17.7 Å². The maximum absolute atomic E-state index is 11.9. The summed E-state index contributed by atoms with van der Waals surface area (Å²) in [6.07, 6.45) is -0.441. The molecule has 0 saturated heterocycles. The number of amides is 1. The number of carbonyl (C=O) groups is 1. The molecule has 0 spiro atoms. The van der Waals surface area contributed by atoms with Crippen molar-refractivity contribution in [2.24, 2.45) is 0 Å². The highest BCUT2D eigenvalue weighted by Crippen LogP contribution is 2.34. The fourth-order valence-corrected chi connectivity index (χ4v) is 2.55. The molecule has 108 valence electrons. The van der Waals surface area contributed by atoms with Gasteiger partial charge in [-0.3, -0.25) is 0 Å². The van der Waals surface area contributed by atoms with Gasteiger partial charge in [-0.25, -0.2) is 4.79 Å². The first kappa shape index (κ1) is 13.9. The maximum atomic E-state index is 11.9. The minimum atomic E-state index is -0.441. The van der Waals surface area contributed by atoms with Crippen molar-refractivity contribution in [2.75, 3.05) is 6.61 Å². The monoisotopic (exact) mass is 347 g/mol. The van der Waals surface area contributed by atoms with Gasteiger partial charge in [-0.2, -0.15) is 0 Å². The summed E-state index contributed by atoms with van der Waals surface area (Å²) < 4.78 is 11.7. The van der Waals surface area contributed by atoms with Gasteiger partial charge in [0.1, 0.15) is 19.0 Å². The van der Waals surface area contributed by atoms with Crippen LogP contribution in [0.2, 0.25) is 0 Å². The van der Waals surface area contributed by atoms with Gasteiger partial charge in [0.2, 0.25) is 0 Å². The fourth-order valence-electron chi connectivity index (χ4n) is 2.21. The van der Waals surface area contributed by atoms with Crippen molar-refractivity contribution in [3.63, 3.8) is 0 Å². The summed E-state index contributed by atoms with van der Waals surface area (Å²) in [5.41, 5.74) is 1.93. The second kappa shape index (κ2) is 6.18. The van der Waals surface area contributed by atoms with Crippen molar-refractivity contribution in [2.45, 2.75) is 12.6 Å². The molecule has 5 heteroatoms. The predicted octanol–water partition coefficient (Wildman–Crippen LogP) is 3.81. The first-order valence-electron chi connectivity index (χ1n) is 6.62. The van der Waals surface area contributed by atoms with E-state index in [9.17, 15) is 4.79 Å². The van der Waals surface area contributed by atoms with Crippen LogP contribution in [-0.2, 0) is 11.3 Å². The Hall–Kier alpha value is -2.01. The first-order valence-corrected chi connectivity index (χ1v) is 7.41. The molecule has 0 saturated carbocycles. The zero-order chi connectivity index (χ0) is 14.7. The van der Waals surface area contributed by atoms with E-state index in [-0.39, 0.29) is 12.6 Å². The Kier molecular flexibility index (Phi) is 4.10. The topological polar surface area (TPSA) is 47.6 Å². The third-order valence-corrected chi connectivity index (χ3v) is 3.75. The normalized spacial score (nSPS) is 16.0. The number of alkyl carbamates (subject to hydrolysis) is 1. The number of rotatable bonds is 3. The van der Waals surface area contributed by atoms with E-state index in [0.29, 0.717) is 6.61 Å². The van der Waals surface area contributed by atoms with Crippen molar-refractivity contribution >= 4 is 22.0 Å². The van der Waals surface area contributed by atoms with E-state index in [1.54, 1.807) is 0 Å². The third kappa shape index (κ3) is 3.36. The van der Waals surface area contributed by atoms with Crippen LogP contribution in [-0.4, -0.2) is 12.7 Å². The summed E-state index contributed by atoms with van der Waals surface area (Å²) in [5, 5.41) is 2.82. The molecular formula is C16H14BrNO3. The van der Waals surface area contributed by atoms with Crippen LogP contribution in [0.4, 0.5) is 4.79 Å². The molecule has 2 aromatic carbocycles. The van der Waals surface area contributed by atoms with E-state index in [1.807, 2.05) is 48.5 Å². The summed E-state index contributed by atoms with van der Waals surface area (Å²) in [6.45, 7) is 0.680. The van der Waals surface area contributed by atoms with Gasteiger partial charge in [0.05, 0.1) is 6.04 Å². The summed E-state index contributed by atoms with van der Waals surface area (Å²) in [5.74, 6) is 0.790. The van der Waals surface area contributed by atoms with Crippen LogP contribution in [0.1, 0.15) is 17.2 Å². The zero-order valence-electron chi connectivity index (χ0n) is 11.2. The van der Waals surface area contributed by atoms with E-state index in [0.717, 1.165) is 21.3 Å². The summed E-state index contributed by atoms with van der Waals surface area (Å²) >= 11 is 3.39. The summed E-state index contributed by atoms with van der Waals surface area (Å²) in [6, 6.07) is 15.2. The van der Waals surface area contributed by atoms with Gasteiger partial charge < -0.3 is 14.8 Å². The third-order valence-electron chi connectivity index (χ3n) is 3.26. The minimum Gasteiger partial charge on any atom is -0.491 e. The van der Waals surface area contributed by atoms with Crippen LogP contribution < -0.4 is 10.1 Å². The van der Waals surface area contributed by atoms with Crippen LogP contribution >= 0.6 is 15.9 Å². The highest BCUT2D eigenvalue weighted by molar-refractivity contribution is 9.10. The molecule has 21 heavy (non-hydrogen) atoms. The van der Waals surface area contributed by atoms with Crippen LogP contribution in [0.5, 0.6) is 5.75 Å². The number of hydrogen-bond acceptors (Lipinski definition) is 3. The first-order chi connectivity index (χ1) is 10.2. The number of fused-ring (bicyclic) bond motifs is 1. The molecular weight excluding hydrogens is 334 g/mol. The Morgan fingerprint density at radius 2 is 2.10 bits per heavy atom. The van der Waals surface area contributed by atoms with E-state index in [1.165, 1.54) is 0 Å². The number of nitrogens with one attached hydrogen (secondary N) is 1. The number of ether oxygens (including phenoxy) is 2. The molecule has 1 unspecified atom stereocenters. The van der Waals surface area contributed by atoms with Gasteiger partial charge in [0, 0.05) is 10.0 Å². The minimum absolute atomic E-state index is 0.170. The Morgan fingerprint density at radius 1 is 1.29 bits per heavy atom. The molecule has 0 radical (unpaired) electrons. The Morgan fingerprint density at radius 3 is 2.90 bits per heavy atom. The van der Waals surface area contributed by atoms with Crippen molar-refractivity contribution in [1.29, 1.82) is 0 Å². The summed E-state index contributed by atoms with van der Waals surface area (Å²) in [7, 11) is 0. The second-order valence-electron chi connectivity index (χ2n) is 4.75. The highest BCUT2D eigenvalue weighted by atomic mass is 79.9. The number of halogens is 1. The van der Waals surface area contributed by atoms with Gasteiger partial charge >= 0.3 is 6.09 Å². The van der Waals surface area contributed by atoms with E-state index < -0.39 is 6.09 Å². The van der Waals surface area contributed by atoms with Crippen molar-refractivity contribution in [3.05, 3.63) is 64.1 Å².